The molecule has 0 spiro atoms. The van der Waals surface area contributed by atoms with Crippen molar-refractivity contribution in [3.8, 4) is 0 Å². The summed E-state index contributed by atoms with van der Waals surface area (Å²) in [5.41, 5.74) is 1.78. The second kappa shape index (κ2) is 6.57. The van der Waals surface area contributed by atoms with Gasteiger partial charge in [-0.2, -0.15) is 0 Å². The van der Waals surface area contributed by atoms with Crippen LogP contribution in [0, 0.1) is 5.41 Å². The Morgan fingerprint density at radius 2 is 1.78 bits per heavy atom. The Balaban J connectivity index is 2.00. The Morgan fingerprint density at radius 3 is 2.30 bits per heavy atom. The number of hydrogen-bond acceptors (Lipinski definition) is 2. The number of aromatic nitrogens is 2. The smallest absolute Gasteiger partial charge is 0.251 e. The van der Waals surface area contributed by atoms with E-state index in [0.717, 1.165) is 18.5 Å². The fourth-order valence-corrected chi connectivity index (χ4v) is 3.10. The van der Waals surface area contributed by atoms with Crippen molar-refractivity contribution in [2.45, 2.75) is 53.1 Å². The average molecular weight is 313 g/mol. The molecule has 1 aromatic heterocycles. The summed E-state index contributed by atoms with van der Waals surface area (Å²) >= 11 is 0. The zero-order chi connectivity index (χ0) is 17.1. The van der Waals surface area contributed by atoms with Gasteiger partial charge in [0.25, 0.3) is 5.91 Å². The summed E-state index contributed by atoms with van der Waals surface area (Å²) in [7, 11) is 0. The van der Waals surface area contributed by atoms with Crippen molar-refractivity contribution in [1.29, 1.82) is 0 Å². The summed E-state index contributed by atoms with van der Waals surface area (Å²) in [5, 5.41) is 3.14. The molecule has 1 heterocycles. The van der Waals surface area contributed by atoms with Gasteiger partial charge in [-0.3, -0.25) is 4.79 Å². The zero-order valence-corrected chi connectivity index (χ0v) is 14.8. The summed E-state index contributed by atoms with van der Waals surface area (Å²) in [6, 6.07) is 7.75. The van der Waals surface area contributed by atoms with Crippen LogP contribution in [0.2, 0.25) is 0 Å². The number of imidazole rings is 1. The molecule has 0 aliphatic heterocycles. The van der Waals surface area contributed by atoms with Gasteiger partial charge in [0.1, 0.15) is 0 Å². The topological polar surface area (TPSA) is 46.9 Å². The molecular formula is C19H27N3O. The fraction of sp³-hybridized carbons (Fsp3) is 0.474. The average Bonchev–Trinajstić information content (AvgIpc) is 2.88. The predicted molar refractivity (Wildman–Crippen MR) is 93.4 cm³/mol. The van der Waals surface area contributed by atoms with E-state index in [1.165, 1.54) is 0 Å². The zero-order valence-electron chi connectivity index (χ0n) is 14.8. The molecule has 0 fully saturated rings. The van der Waals surface area contributed by atoms with Crippen molar-refractivity contribution in [3.63, 3.8) is 0 Å². The molecule has 0 unspecified atom stereocenters. The van der Waals surface area contributed by atoms with Crippen LogP contribution in [-0.4, -0.2) is 21.0 Å². The Kier molecular flexibility index (Phi) is 4.93. The lowest BCUT2D eigenvalue weighted by atomic mass is 9.81. The van der Waals surface area contributed by atoms with Crippen molar-refractivity contribution in [2.75, 3.05) is 0 Å². The Labute approximate surface area is 138 Å². The van der Waals surface area contributed by atoms with E-state index in [0.29, 0.717) is 5.56 Å². The maximum atomic E-state index is 12.4. The third-order valence-corrected chi connectivity index (χ3v) is 3.56. The molecular weight excluding hydrogens is 286 g/mol. The highest BCUT2D eigenvalue weighted by Gasteiger charge is 2.27. The molecule has 0 aliphatic rings. The molecule has 0 atom stereocenters. The summed E-state index contributed by atoms with van der Waals surface area (Å²) < 4.78 is 2.00. The van der Waals surface area contributed by atoms with Crippen LogP contribution in [0.1, 0.15) is 57.0 Å². The van der Waals surface area contributed by atoms with Crippen LogP contribution in [0.15, 0.2) is 43.0 Å². The molecule has 0 saturated carbocycles. The van der Waals surface area contributed by atoms with E-state index in [9.17, 15) is 4.79 Å². The van der Waals surface area contributed by atoms with Gasteiger partial charge in [-0.05, 0) is 43.4 Å². The van der Waals surface area contributed by atoms with Crippen molar-refractivity contribution in [3.05, 3.63) is 54.1 Å². The number of benzene rings is 1. The van der Waals surface area contributed by atoms with Crippen molar-refractivity contribution >= 4 is 5.91 Å². The number of nitrogens with zero attached hydrogens (tertiary/aromatic N) is 2. The van der Waals surface area contributed by atoms with Gasteiger partial charge in [-0.1, -0.05) is 32.9 Å². The van der Waals surface area contributed by atoms with Gasteiger partial charge in [0, 0.05) is 30.0 Å². The van der Waals surface area contributed by atoms with Gasteiger partial charge in [0.05, 0.1) is 6.33 Å². The summed E-state index contributed by atoms with van der Waals surface area (Å²) in [6.07, 6.45) is 6.40. The second-order valence-electron chi connectivity index (χ2n) is 8.01. The highest BCUT2D eigenvalue weighted by Crippen LogP contribution is 2.27. The highest BCUT2D eigenvalue weighted by molar-refractivity contribution is 5.94. The van der Waals surface area contributed by atoms with Gasteiger partial charge in [0.2, 0.25) is 0 Å². The maximum absolute atomic E-state index is 12.4. The molecule has 23 heavy (non-hydrogen) atoms. The van der Waals surface area contributed by atoms with Gasteiger partial charge in [0.15, 0.2) is 0 Å². The maximum Gasteiger partial charge on any atom is 0.251 e. The number of rotatable bonds is 5. The predicted octanol–water partition coefficient (Wildman–Crippen LogP) is 3.88. The molecule has 4 nitrogen and oxygen atoms in total. The van der Waals surface area contributed by atoms with E-state index in [1.54, 1.807) is 12.5 Å². The lowest BCUT2D eigenvalue weighted by molar-refractivity contribution is 0.0891. The standard InChI is InChI=1S/C19H27N3O/c1-18(2,3)13-19(4,5)21-17(23)16-8-6-15(7-9-16)12-22-11-10-20-14-22/h6-11,14H,12-13H2,1-5H3,(H,21,23). The summed E-state index contributed by atoms with van der Waals surface area (Å²) in [6.45, 7) is 11.5. The molecule has 2 rings (SSSR count). The third kappa shape index (κ3) is 5.55. The van der Waals surface area contributed by atoms with Crippen LogP contribution in [0.4, 0.5) is 0 Å². The molecule has 0 aliphatic carbocycles. The summed E-state index contributed by atoms with van der Waals surface area (Å²) in [5.74, 6) is -0.0200. The van der Waals surface area contributed by atoms with Crippen molar-refractivity contribution in [1.82, 2.24) is 14.9 Å². The van der Waals surface area contributed by atoms with Gasteiger partial charge < -0.3 is 9.88 Å². The van der Waals surface area contributed by atoms with Crippen LogP contribution < -0.4 is 5.32 Å². The van der Waals surface area contributed by atoms with Crippen LogP contribution in [0.25, 0.3) is 0 Å². The number of hydrogen-bond donors (Lipinski definition) is 1. The van der Waals surface area contributed by atoms with E-state index in [2.05, 4.69) is 44.9 Å². The van der Waals surface area contributed by atoms with Crippen LogP contribution in [-0.2, 0) is 6.54 Å². The molecule has 4 heteroatoms. The van der Waals surface area contributed by atoms with Crippen molar-refractivity contribution < 1.29 is 4.79 Å². The highest BCUT2D eigenvalue weighted by atomic mass is 16.1. The molecule has 1 amide bonds. The number of amides is 1. The molecule has 1 N–H and O–H groups in total. The van der Waals surface area contributed by atoms with Crippen LogP contribution in [0.3, 0.4) is 0 Å². The van der Waals surface area contributed by atoms with E-state index in [-0.39, 0.29) is 16.9 Å². The number of carbonyl (C=O) groups is 1. The Bertz CT molecular complexity index is 634. The van der Waals surface area contributed by atoms with Gasteiger partial charge in [-0.15, -0.1) is 0 Å². The normalized spacial score (nSPS) is 12.2. The first-order valence-electron chi connectivity index (χ1n) is 8.02. The minimum atomic E-state index is -0.231. The van der Waals surface area contributed by atoms with Crippen molar-refractivity contribution in [2.24, 2.45) is 5.41 Å². The minimum Gasteiger partial charge on any atom is -0.347 e. The molecule has 0 bridgehead atoms. The summed E-state index contributed by atoms with van der Waals surface area (Å²) in [4.78, 5) is 16.5. The van der Waals surface area contributed by atoms with Gasteiger partial charge in [-0.25, -0.2) is 4.98 Å². The minimum absolute atomic E-state index is 0.0200. The third-order valence-electron chi connectivity index (χ3n) is 3.56. The first-order chi connectivity index (χ1) is 10.6. The largest absolute Gasteiger partial charge is 0.347 e. The van der Waals surface area contributed by atoms with E-state index in [1.807, 2.05) is 35.0 Å². The van der Waals surface area contributed by atoms with E-state index < -0.39 is 0 Å². The Hall–Kier alpha value is -2.10. The second-order valence-corrected chi connectivity index (χ2v) is 8.01. The Morgan fingerprint density at radius 1 is 1.13 bits per heavy atom. The number of carbonyl (C=O) groups excluding carboxylic acids is 1. The van der Waals surface area contributed by atoms with E-state index >= 15 is 0 Å². The quantitative estimate of drug-likeness (QED) is 0.910. The monoisotopic (exact) mass is 313 g/mol. The van der Waals surface area contributed by atoms with Crippen LogP contribution in [0.5, 0.6) is 0 Å². The SMILES string of the molecule is CC(C)(C)CC(C)(C)NC(=O)c1ccc(Cn2ccnc2)cc1. The lowest BCUT2D eigenvalue weighted by Gasteiger charge is -2.33. The fourth-order valence-electron chi connectivity index (χ4n) is 3.10. The van der Waals surface area contributed by atoms with Gasteiger partial charge >= 0.3 is 0 Å². The molecule has 2 aromatic rings. The van der Waals surface area contributed by atoms with E-state index in [4.69, 9.17) is 0 Å². The molecule has 0 saturated heterocycles. The molecule has 0 radical (unpaired) electrons. The van der Waals surface area contributed by atoms with Crippen LogP contribution >= 0.6 is 0 Å². The first-order valence-corrected chi connectivity index (χ1v) is 8.02. The lowest BCUT2D eigenvalue weighted by Crippen LogP contribution is -2.45. The first kappa shape index (κ1) is 17.3. The molecule has 124 valence electrons. The number of nitrogens with one attached hydrogen (secondary N) is 1. The molecule has 1 aromatic carbocycles.